The van der Waals surface area contributed by atoms with Crippen LogP contribution in [-0.4, -0.2) is 41.7 Å². The molecule has 3 aromatic rings. The number of rotatable bonds is 8. The van der Waals surface area contributed by atoms with Crippen molar-refractivity contribution in [1.29, 1.82) is 0 Å². The Balaban J connectivity index is 1.27. The molecule has 1 aliphatic heterocycles. The van der Waals surface area contributed by atoms with Gasteiger partial charge in [0.05, 0.1) is 24.0 Å². The molecular formula is C23H25F3N5O2S-. The first-order valence-corrected chi connectivity index (χ1v) is 12.0. The van der Waals surface area contributed by atoms with Gasteiger partial charge in [0, 0.05) is 24.4 Å². The van der Waals surface area contributed by atoms with E-state index < -0.39 is 23.0 Å². The van der Waals surface area contributed by atoms with Gasteiger partial charge in [-0.1, -0.05) is 41.6 Å². The molecule has 1 saturated heterocycles. The second-order valence-electron chi connectivity index (χ2n) is 8.45. The molecule has 1 aliphatic rings. The fourth-order valence-corrected chi connectivity index (χ4v) is 4.51. The number of nitrogens with one attached hydrogen (secondary N) is 1. The molecule has 4 rings (SSSR count). The predicted octanol–water partition coefficient (Wildman–Crippen LogP) is 3.61. The van der Waals surface area contributed by atoms with Gasteiger partial charge in [-0.3, -0.25) is 9.11 Å². The number of piperidine rings is 1. The first kappa shape index (κ1) is 24.5. The maximum atomic E-state index is 12.7. The lowest BCUT2D eigenvalue weighted by atomic mass is 9.88. The molecule has 1 unspecified atom stereocenters. The summed E-state index contributed by atoms with van der Waals surface area (Å²) in [6.07, 6.45) is -0.528. The van der Waals surface area contributed by atoms with E-state index in [1.165, 1.54) is 17.7 Å². The van der Waals surface area contributed by atoms with Gasteiger partial charge in [0.1, 0.15) is 0 Å². The summed E-state index contributed by atoms with van der Waals surface area (Å²) < 4.78 is 63.6. The molecule has 0 amide bonds. The molecule has 0 radical (unpaired) electrons. The second-order valence-corrected chi connectivity index (χ2v) is 9.21. The highest BCUT2D eigenvalue weighted by Gasteiger charge is 2.30. The lowest BCUT2D eigenvalue weighted by molar-refractivity contribution is -0.137. The molecule has 2 aromatic carbocycles. The molecule has 1 fully saturated rings. The van der Waals surface area contributed by atoms with E-state index in [0.717, 1.165) is 54.9 Å². The fourth-order valence-electron chi connectivity index (χ4n) is 4.23. The summed E-state index contributed by atoms with van der Waals surface area (Å²) in [5, 5.41) is 8.34. The fraction of sp³-hybridized carbons (Fsp3) is 0.391. The predicted molar refractivity (Wildman–Crippen MR) is 120 cm³/mol. The van der Waals surface area contributed by atoms with Crippen LogP contribution in [0.5, 0.6) is 0 Å². The van der Waals surface area contributed by atoms with E-state index in [0.29, 0.717) is 19.0 Å². The number of aromatic nitrogens is 3. The van der Waals surface area contributed by atoms with Crippen molar-refractivity contribution in [3.8, 4) is 0 Å². The Hall–Kier alpha value is -2.60. The van der Waals surface area contributed by atoms with Crippen LogP contribution in [0.3, 0.4) is 0 Å². The molecule has 1 N–H and O–H groups in total. The summed E-state index contributed by atoms with van der Waals surface area (Å²) in [5.41, 5.74) is 3.04. The maximum Gasteiger partial charge on any atom is 0.416 e. The molecule has 11 heteroatoms. The molecular weight excluding hydrogens is 467 g/mol. The summed E-state index contributed by atoms with van der Waals surface area (Å²) in [4.78, 5) is 2.31. The zero-order chi connectivity index (χ0) is 24.1. The number of benzene rings is 2. The van der Waals surface area contributed by atoms with Gasteiger partial charge >= 0.3 is 6.18 Å². The maximum absolute atomic E-state index is 12.7. The molecule has 2 heterocycles. The Kier molecular flexibility index (Phi) is 7.77. The molecule has 34 heavy (non-hydrogen) atoms. The number of alkyl halides is 3. The van der Waals surface area contributed by atoms with Crippen molar-refractivity contribution >= 4 is 11.3 Å². The highest BCUT2D eigenvalue weighted by molar-refractivity contribution is 7.77. The molecule has 0 spiro atoms. The van der Waals surface area contributed by atoms with E-state index in [-0.39, 0.29) is 6.54 Å². The van der Waals surface area contributed by atoms with E-state index in [9.17, 15) is 21.9 Å². The Morgan fingerprint density at radius 2 is 1.79 bits per heavy atom. The van der Waals surface area contributed by atoms with Crippen LogP contribution in [0.2, 0.25) is 0 Å². The van der Waals surface area contributed by atoms with Crippen molar-refractivity contribution in [2.24, 2.45) is 0 Å². The molecule has 0 bridgehead atoms. The van der Waals surface area contributed by atoms with Gasteiger partial charge in [-0.05, 0) is 60.7 Å². The van der Waals surface area contributed by atoms with Gasteiger partial charge < -0.3 is 4.55 Å². The third-order valence-corrected chi connectivity index (χ3v) is 6.38. The number of halogens is 3. The van der Waals surface area contributed by atoms with Gasteiger partial charge in [-0.25, -0.2) is 9.40 Å². The van der Waals surface area contributed by atoms with E-state index in [4.69, 9.17) is 0 Å². The van der Waals surface area contributed by atoms with Crippen molar-refractivity contribution in [3.63, 3.8) is 0 Å². The van der Waals surface area contributed by atoms with Crippen LogP contribution in [0.25, 0.3) is 0 Å². The van der Waals surface area contributed by atoms with Crippen LogP contribution in [0.1, 0.15) is 46.7 Å². The minimum Gasteiger partial charge on any atom is -0.760 e. The van der Waals surface area contributed by atoms with Crippen molar-refractivity contribution in [2.45, 2.75) is 44.6 Å². The van der Waals surface area contributed by atoms with E-state index in [2.05, 4.69) is 32.1 Å². The topological polar surface area (TPSA) is 86.1 Å². The van der Waals surface area contributed by atoms with Gasteiger partial charge in [-0.15, -0.1) is 5.10 Å². The van der Waals surface area contributed by atoms with Gasteiger partial charge in [0.2, 0.25) is 0 Å². The van der Waals surface area contributed by atoms with E-state index >= 15 is 0 Å². The van der Waals surface area contributed by atoms with E-state index in [1.54, 1.807) is 4.68 Å². The third kappa shape index (κ3) is 6.72. The minimum atomic E-state index is -4.34. The Morgan fingerprint density at radius 1 is 1.06 bits per heavy atom. The molecule has 1 atom stereocenters. The van der Waals surface area contributed by atoms with E-state index in [1.807, 2.05) is 18.3 Å². The van der Waals surface area contributed by atoms with Gasteiger partial charge in [0.25, 0.3) is 0 Å². The average Bonchev–Trinajstić information content (AvgIpc) is 3.25. The van der Waals surface area contributed by atoms with Crippen molar-refractivity contribution in [2.75, 3.05) is 13.1 Å². The third-order valence-electron chi connectivity index (χ3n) is 6.00. The van der Waals surface area contributed by atoms with Crippen LogP contribution in [0.15, 0.2) is 54.7 Å². The number of likely N-dealkylation sites (tertiary alicyclic amines) is 1. The van der Waals surface area contributed by atoms with Crippen molar-refractivity contribution in [1.82, 2.24) is 24.6 Å². The summed E-state index contributed by atoms with van der Waals surface area (Å²) >= 11 is -2.28. The Morgan fingerprint density at radius 3 is 2.47 bits per heavy atom. The lowest BCUT2D eigenvalue weighted by Crippen LogP contribution is -2.32. The first-order chi connectivity index (χ1) is 16.3. The van der Waals surface area contributed by atoms with Crippen LogP contribution in [0, 0.1) is 0 Å². The Bertz CT molecular complexity index is 1110. The molecule has 182 valence electrons. The van der Waals surface area contributed by atoms with Gasteiger partial charge in [-0.2, -0.15) is 13.2 Å². The number of hydrogen-bond acceptors (Lipinski definition) is 5. The van der Waals surface area contributed by atoms with Gasteiger partial charge in [0.15, 0.2) is 0 Å². The summed E-state index contributed by atoms with van der Waals surface area (Å²) in [6.45, 7) is 3.12. The van der Waals surface area contributed by atoms with Crippen LogP contribution >= 0.6 is 0 Å². The normalized spacial score (nSPS) is 16.6. The molecule has 1 aromatic heterocycles. The van der Waals surface area contributed by atoms with Crippen molar-refractivity contribution < 1.29 is 21.9 Å². The average molecular weight is 493 g/mol. The standard InChI is InChI=1S/C23H26F3N5O2S/c24-23(25,26)21-6-4-17(5-7-21)14-31-16-22(28-29-31)15-30-10-8-19(9-11-30)20-3-1-2-18(12-20)13-27-34(32)33/h1-7,12,16,19,27H,8-11,13-15H2,(H,32,33)/p-1. The number of nitrogens with zero attached hydrogens (tertiary/aromatic N) is 4. The molecule has 0 aliphatic carbocycles. The monoisotopic (exact) mass is 492 g/mol. The Labute approximate surface area is 198 Å². The largest absolute Gasteiger partial charge is 0.760 e. The lowest BCUT2D eigenvalue weighted by Gasteiger charge is -2.31. The highest BCUT2D eigenvalue weighted by Crippen LogP contribution is 2.30. The first-order valence-electron chi connectivity index (χ1n) is 11.0. The molecule has 0 saturated carbocycles. The van der Waals surface area contributed by atoms with Crippen LogP contribution in [-0.2, 0) is 37.1 Å². The smallest absolute Gasteiger partial charge is 0.416 e. The number of hydrogen-bond donors (Lipinski definition) is 1. The summed E-state index contributed by atoms with van der Waals surface area (Å²) in [6, 6.07) is 13.1. The van der Waals surface area contributed by atoms with Crippen molar-refractivity contribution in [3.05, 3.63) is 82.7 Å². The summed E-state index contributed by atoms with van der Waals surface area (Å²) in [5.74, 6) is 0.421. The quantitative estimate of drug-likeness (QED) is 0.486. The second kappa shape index (κ2) is 10.8. The zero-order valence-corrected chi connectivity index (χ0v) is 19.2. The highest BCUT2D eigenvalue weighted by atomic mass is 32.2. The van der Waals surface area contributed by atoms with Crippen LogP contribution in [0.4, 0.5) is 13.2 Å². The molecule has 7 nitrogen and oxygen atoms in total. The zero-order valence-electron chi connectivity index (χ0n) is 18.4. The SMILES string of the molecule is O=S([O-])NCc1cccc(C2CCN(Cc3cn(Cc4ccc(C(F)(F)F)cc4)nn3)CC2)c1. The minimum absolute atomic E-state index is 0.283. The summed E-state index contributed by atoms with van der Waals surface area (Å²) in [7, 11) is 0. The van der Waals surface area contributed by atoms with Crippen LogP contribution < -0.4 is 4.72 Å².